The zero-order valence-electron chi connectivity index (χ0n) is 42.0. The Labute approximate surface area is 443 Å². The minimum absolute atomic E-state index is 0.00510. The SMILES string of the molecule is O=C1C=CC2=C(c3cc(C(=O)N4CCN(CCNC(=O)c5cccc(-c6ccc7c(C(=O)NCC(=O)N8CCC[C@@H]8C(=O)C8=Nc9ccccc9CC8)ccnc7c6)c5)CC4)ccc3C(=O)O)c3ccc(O)cc3CC2=C1. The highest BCUT2D eigenvalue weighted by Crippen LogP contribution is 2.43. The van der Waals surface area contributed by atoms with Crippen molar-refractivity contribution < 1.29 is 43.8 Å². The van der Waals surface area contributed by atoms with Crippen LogP contribution < -0.4 is 10.6 Å². The van der Waals surface area contributed by atoms with Crippen LogP contribution in [0.25, 0.3) is 27.6 Å². The predicted octanol–water partition coefficient (Wildman–Crippen LogP) is 6.93. The fourth-order valence-corrected chi connectivity index (χ4v) is 11.1. The van der Waals surface area contributed by atoms with Gasteiger partial charge in [0.25, 0.3) is 17.7 Å². The molecule has 0 bridgehead atoms. The lowest BCUT2D eigenvalue weighted by atomic mass is 9.76. The number of carboxylic acids is 1. The molecule has 16 nitrogen and oxygen atoms in total. The van der Waals surface area contributed by atoms with Crippen molar-refractivity contribution in [3.05, 3.63) is 189 Å². The first-order valence-corrected chi connectivity index (χ1v) is 25.8. The fraction of sp³-hybridized carbons (Fsp3) is 0.230. The summed E-state index contributed by atoms with van der Waals surface area (Å²) in [5, 5.41) is 27.0. The summed E-state index contributed by atoms with van der Waals surface area (Å²) in [7, 11) is 0. The summed E-state index contributed by atoms with van der Waals surface area (Å²) >= 11 is 0. The van der Waals surface area contributed by atoms with E-state index in [4.69, 9.17) is 0 Å². The topological polar surface area (TPSA) is 219 Å². The number of benzene rings is 5. The zero-order chi connectivity index (χ0) is 53.3. The molecule has 4 heterocycles. The second kappa shape index (κ2) is 21.2. The van der Waals surface area contributed by atoms with Gasteiger partial charge in [0.05, 0.1) is 40.6 Å². The van der Waals surface area contributed by atoms with Gasteiger partial charge in [-0.1, -0.05) is 54.6 Å². The molecule has 3 aliphatic heterocycles. The van der Waals surface area contributed by atoms with Gasteiger partial charge in [-0.25, -0.2) is 9.79 Å². The van der Waals surface area contributed by atoms with Gasteiger partial charge < -0.3 is 30.6 Å². The van der Waals surface area contributed by atoms with Crippen LogP contribution >= 0.6 is 0 Å². The summed E-state index contributed by atoms with van der Waals surface area (Å²) in [4.78, 5) is 108. The number of carbonyl (C=O) groups excluding carboxylic acids is 6. The Hall–Kier alpha value is -9.15. The highest BCUT2D eigenvalue weighted by atomic mass is 16.4. The molecule has 1 aromatic heterocycles. The third-order valence-electron chi connectivity index (χ3n) is 15.1. The van der Waals surface area contributed by atoms with Gasteiger partial charge in [0.15, 0.2) is 11.6 Å². The lowest BCUT2D eigenvalue weighted by Gasteiger charge is -2.35. The van der Waals surface area contributed by atoms with Crippen molar-refractivity contribution in [3.8, 4) is 16.9 Å². The smallest absolute Gasteiger partial charge is 0.336 e. The van der Waals surface area contributed by atoms with Crippen LogP contribution in [0.1, 0.15) is 82.9 Å². The average Bonchev–Trinajstić information content (AvgIpc) is 4.00. The molecule has 386 valence electrons. The van der Waals surface area contributed by atoms with Gasteiger partial charge in [-0.15, -0.1) is 0 Å². The Balaban J connectivity index is 0.684. The molecule has 0 unspecified atom stereocenters. The van der Waals surface area contributed by atoms with Crippen LogP contribution in [0.5, 0.6) is 5.75 Å². The summed E-state index contributed by atoms with van der Waals surface area (Å²) in [5.74, 6) is -2.71. The molecule has 2 saturated heterocycles. The van der Waals surface area contributed by atoms with Crippen LogP contribution in [0, 0.1) is 0 Å². The first-order valence-electron chi connectivity index (χ1n) is 25.8. The van der Waals surface area contributed by atoms with E-state index in [1.165, 1.54) is 36.5 Å². The number of nitrogens with zero attached hydrogens (tertiary/aromatic N) is 5. The number of aliphatic imine (C=N–C) groups is 1. The second-order valence-electron chi connectivity index (χ2n) is 19.8. The number of carbonyl (C=O) groups is 7. The Morgan fingerprint density at radius 1 is 0.714 bits per heavy atom. The maximum atomic E-state index is 14.0. The number of pyridine rings is 1. The maximum absolute atomic E-state index is 14.0. The molecule has 4 N–H and O–H groups in total. The van der Waals surface area contributed by atoms with Crippen LogP contribution in [0.2, 0.25) is 0 Å². The van der Waals surface area contributed by atoms with Crippen molar-refractivity contribution in [1.29, 1.82) is 0 Å². The Bertz CT molecular complexity index is 3620. The van der Waals surface area contributed by atoms with Gasteiger partial charge in [0.1, 0.15) is 5.75 Å². The minimum Gasteiger partial charge on any atom is -0.508 e. The first kappa shape index (κ1) is 50.0. The van der Waals surface area contributed by atoms with Crippen LogP contribution in [-0.4, -0.2) is 135 Å². The van der Waals surface area contributed by atoms with Crippen molar-refractivity contribution in [2.45, 2.75) is 38.1 Å². The number of allylic oxidation sites excluding steroid dienone is 5. The number of aromatic nitrogens is 1. The van der Waals surface area contributed by atoms with Crippen LogP contribution in [0.4, 0.5) is 5.69 Å². The molecule has 2 fully saturated rings. The molecule has 2 aliphatic carbocycles. The number of phenols is 1. The number of aryl methyl sites for hydroxylation is 1. The number of carboxylic acid groups (broad SMARTS) is 1. The molecule has 16 heteroatoms. The van der Waals surface area contributed by atoms with E-state index in [1.54, 1.807) is 64.4 Å². The summed E-state index contributed by atoms with van der Waals surface area (Å²) in [6.07, 6.45) is 9.05. The van der Waals surface area contributed by atoms with Gasteiger partial charge in [-0.3, -0.25) is 38.7 Å². The lowest BCUT2D eigenvalue weighted by molar-refractivity contribution is -0.134. The number of phenolic OH excluding ortho intramolecular Hbond substituents is 1. The highest BCUT2D eigenvalue weighted by molar-refractivity contribution is 6.42. The van der Waals surface area contributed by atoms with E-state index in [9.17, 15) is 43.8 Å². The number of nitrogens with one attached hydrogen (secondary N) is 2. The summed E-state index contributed by atoms with van der Waals surface area (Å²) in [6.45, 7) is 3.03. The lowest BCUT2D eigenvalue weighted by Crippen LogP contribution is -2.50. The number of rotatable bonds is 13. The van der Waals surface area contributed by atoms with Gasteiger partial charge in [0, 0.05) is 68.5 Å². The molecule has 4 amide bonds. The Kier molecular flexibility index (Phi) is 13.8. The summed E-state index contributed by atoms with van der Waals surface area (Å²) in [6, 6.07) is 30.9. The molecule has 11 rings (SSSR count). The number of para-hydroxylation sites is 1. The van der Waals surface area contributed by atoms with Crippen molar-refractivity contribution in [3.63, 3.8) is 0 Å². The zero-order valence-corrected chi connectivity index (χ0v) is 42.0. The third-order valence-corrected chi connectivity index (χ3v) is 15.1. The number of piperazine rings is 1. The van der Waals surface area contributed by atoms with Crippen molar-refractivity contribution in [2.75, 3.05) is 52.4 Å². The van der Waals surface area contributed by atoms with E-state index < -0.39 is 17.9 Å². The number of aromatic carboxylic acids is 1. The normalized spacial score (nSPS) is 17.0. The Morgan fingerprint density at radius 2 is 1.55 bits per heavy atom. The molecule has 0 saturated carbocycles. The Morgan fingerprint density at radius 3 is 2.39 bits per heavy atom. The highest BCUT2D eigenvalue weighted by Gasteiger charge is 2.37. The third kappa shape index (κ3) is 10.2. The molecule has 6 aromatic rings. The van der Waals surface area contributed by atoms with Crippen LogP contribution in [0.15, 0.2) is 150 Å². The van der Waals surface area contributed by atoms with Crippen LogP contribution in [-0.2, 0) is 27.2 Å². The van der Waals surface area contributed by atoms with Gasteiger partial charge in [-0.05, 0) is 155 Å². The molecular weight excluding hydrogens is 975 g/mol. The summed E-state index contributed by atoms with van der Waals surface area (Å²) < 4.78 is 0. The predicted molar refractivity (Wildman–Crippen MR) is 289 cm³/mol. The number of likely N-dealkylation sites (tertiary alicyclic amines) is 1. The molecule has 5 aromatic carbocycles. The van der Waals surface area contributed by atoms with Crippen molar-refractivity contribution in [1.82, 2.24) is 30.3 Å². The number of fused-ring (bicyclic) bond motifs is 4. The van der Waals surface area contributed by atoms with Gasteiger partial charge in [-0.2, -0.15) is 0 Å². The van der Waals surface area contributed by atoms with E-state index in [0.717, 1.165) is 34.4 Å². The van der Waals surface area contributed by atoms with Crippen molar-refractivity contribution >= 4 is 69.0 Å². The fourth-order valence-electron chi connectivity index (χ4n) is 11.1. The summed E-state index contributed by atoms with van der Waals surface area (Å²) in [5.41, 5.74) is 9.38. The number of aromatic hydroxyl groups is 1. The monoisotopic (exact) mass is 1030 g/mol. The molecule has 0 radical (unpaired) electrons. The maximum Gasteiger partial charge on any atom is 0.336 e. The quantitative estimate of drug-likeness (QED) is 0.0930. The molecule has 77 heavy (non-hydrogen) atoms. The van der Waals surface area contributed by atoms with Crippen molar-refractivity contribution in [2.24, 2.45) is 4.99 Å². The standard InChI is InChI=1S/C61H53N7O9/c69-43-13-17-45-41(31-43)30-42-32-44(70)14-18-46(42)56(45)50-33-40(11-16-49(50)61(76)77)60(75)67-27-25-66(26-28-67)24-22-63-58(73)39-7-3-6-37(29-39)38-10-15-47-48(20-21-62-53(47)34-38)59(74)64-35-55(71)68-23-4-9-54(68)57(72)52-19-12-36-5-1-2-8-51(36)65-52/h1-3,5-8,10-11,13-18,20-21,29,31-34,54,69H,4,9,12,19,22-28,30,35H2,(H,63,73)(H,64,74)(H,76,77)/t54-/m1/s1. The molecular formula is C61H53N7O9. The largest absolute Gasteiger partial charge is 0.508 e. The molecule has 1 atom stereocenters. The van der Waals surface area contributed by atoms with E-state index in [2.05, 4.69) is 25.5 Å². The number of ketones is 2. The van der Waals surface area contributed by atoms with E-state index in [0.29, 0.717) is 133 Å². The first-order chi connectivity index (χ1) is 37.4. The number of amides is 4. The van der Waals surface area contributed by atoms with Gasteiger partial charge in [0.2, 0.25) is 5.91 Å². The van der Waals surface area contributed by atoms with Gasteiger partial charge >= 0.3 is 5.97 Å². The van der Waals surface area contributed by atoms with E-state index in [-0.39, 0.29) is 47.1 Å². The molecule has 0 spiro atoms. The molecule has 5 aliphatic rings. The second-order valence-corrected chi connectivity index (χ2v) is 19.8. The number of hydrogen-bond acceptors (Lipinski definition) is 11. The van der Waals surface area contributed by atoms with E-state index >= 15 is 0 Å². The minimum atomic E-state index is -1.16. The van der Waals surface area contributed by atoms with Crippen LogP contribution in [0.3, 0.4) is 0 Å². The number of Topliss-reactive ketones (excluding diaryl/α,β-unsaturated/α-hetero) is 1. The van der Waals surface area contributed by atoms with E-state index in [1.807, 2.05) is 42.5 Å². The average molecular weight is 1030 g/mol. The number of hydrogen-bond donors (Lipinski definition) is 4.